The van der Waals surface area contributed by atoms with E-state index in [0.717, 1.165) is 51.4 Å². The first-order valence-corrected chi connectivity index (χ1v) is 9.85. The number of hydrogen-bond acceptors (Lipinski definition) is 3. The molecule has 0 aromatic heterocycles. The highest BCUT2D eigenvalue weighted by atomic mass is 32.2. The first kappa shape index (κ1) is 16.7. The highest BCUT2D eigenvalue weighted by molar-refractivity contribution is 7.89. The molecule has 2 fully saturated rings. The molecule has 1 amide bonds. The second kappa shape index (κ2) is 7.58. The van der Waals surface area contributed by atoms with Crippen LogP contribution in [-0.4, -0.2) is 43.5 Å². The summed E-state index contributed by atoms with van der Waals surface area (Å²) in [6.07, 6.45) is 10.6. The standard InChI is InChI=1S/C15H28N2O3S/c1-17(14-10-6-3-7-11-14)21(19,20)12-15(18)16-13-8-4-2-5-9-13/h13-14H,2-12H2,1H3,(H,16,18). The normalized spacial score (nSPS) is 22.4. The summed E-state index contributed by atoms with van der Waals surface area (Å²) in [4.78, 5) is 12.0. The Morgan fingerprint density at radius 1 is 1.00 bits per heavy atom. The predicted octanol–water partition coefficient (Wildman–Crippen LogP) is 2.03. The lowest BCUT2D eigenvalue weighted by atomic mass is 9.95. The number of carbonyl (C=O) groups excluding carboxylic acids is 1. The van der Waals surface area contributed by atoms with Crippen LogP contribution in [0.2, 0.25) is 0 Å². The molecular weight excluding hydrogens is 288 g/mol. The van der Waals surface area contributed by atoms with Crippen molar-refractivity contribution in [2.24, 2.45) is 0 Å². The molecule has 21 heavy (non-hydrogen) atoms. The maximum absolute atomic E-state index is 12.3. The molecule has 0 bridgehead atoms. The van der Waals surface area contributed by atoms with Crippen molar-refractivity contribution in [3.63, 3.8) is 0 Å². The van der Waals surface area contributed by atoms with E-state index in [0.29, 0.717) is 0 Å². The van der Waals surface area contributed by atoms with Gasteiger partial charge in [0.05, 0.1) is 0 Å². The molecule has 6 heteroatoms. The van der Waals surface area contributed by atoms with Crippen molar-refractivity contribution < 1.29 is 13.2 Å². The number of nitrogens with one attached hydrogen (secondary N) is 1. The second-order valence-corrected chi connectivity index (χ2v) is 8.50. The monoisotopic (exact) mass is 316 g/mol. The highest BCUT2D eigenvalue weighted by Crippen LogP contribution is 2.23. The maximum atomic E-state index is 12.3. The van der Waals surface area contributed by atoms with Gasteiger partial charge >= 0.3 is 0 Å². The van der Waals surface area contributed by atoms with Crippen LogP contribution >= 0.6 is 0 Å². The summed E-state index contributed by atoms with van der Waals surface area (Å²) in [5, 5.41) is 2.89. The predicted molar refractivity (Wildman–Crippen MR) is 83.4 cm³/mol. The number of sulfonamides is 1. The van der Waals surface area contributed by atoms with Gasteiger partial charge in [-0.2, -0.15) is 0 Å². The van der Waals surface area contributed by atoms with Crippen LogP contribution in [0.25, 0.3) is 0 Å². The van der Waals surface area contributed by atoms with Crippen molar-refractivity contribution in [1.82, 2.24) is 9.62 Å². The van der Waals surface area contributed by atoms with Gasteiger partial charge in [-0.1, -0.05) is 38.5 Å². The van der Waals surface area contributed by atoms with Crippen LogP contribution < -0.4 is 5.32 Å². The molecule has 5 nitrogen and oxygen atoms in total. The van der Waals surface area contributed by atoms with E-state index in [2.05, 4.69) is 5.32 Å². The summed E-state index contributed by atoms with van der Waals surface area (Å²) < 4.78 is 26.1. The van der Waals surface area contributed by atoms with Gasteiger partial charge in [0, 0.05) is 19.1 Å². The van der Waals surface area contributed by atoms with Crippen LogP contribution in [0.5, 0.6) is 0 Å². The van der Waals surface area contributed by atoms with E-state index in [-0.39, 0.29) is 18.0 Å². The van der Waals surface area contributed by atoms with Crippen molar-refractivity contribution in [2.75, 3.05) is 12.8 Å². The zero-order chi connectivity index (χ0) is 15.3. The molecule has 0 saturated heterocycles. The molecule has 0 atom stereocenters. The number of rotatable bonds is 5. The Kier molecular flexibility index (Phi) is 6.05. The molecule has 2 aliphatic carbocycles. The van der Waals surface area contributed by atoms with E-state index in [9.17, 15) is 13.2 Å². The minimum absolute atomic E-state index is 0.0752. The van der Waals surface area contributed by atoms with Gasteiger partial charge < -0.3 is 5.32 Å². The Labute approximate surface area is 128 Å². The van der Waals surface area contributed by atoms with Crippen LogP contribution in [0.15, 0.2) is 0 Å². The van der Waals surface area contributed by atoms with Gasteiger partial charge in [-0.25, -0.2) is 12.7 Å². The molecule has 0 heterocycles. The molecule has 0 aromatic rings. The molecule has 0 aliphatic heterocycles. The van der Waals surface area contributed by atoms with Crippen LogP contribution in [0.3, 0.4) is 0 Å². The number of amides is 1. The molecular formula is C15H28N2O3S. The molecule has 0 radical (unpaired) electrons. The zero-order valence-electron chi connectivity index (χ0n) is 13.0. The van der Waals surface area contributed by atoms with Crippen molar-refractivity contribution >= 4 is 15.9 Å². The molecule has 2 saturated carbocycles. The van der Waals surface area contributed by atoms with Gasteiger partial charge in [-0.15, -0.1) is 0 Å². The first-order chi connectivity index (χ1) is 9.99. The fourth-order valence-electron chi connectivity index (χ4n) is 3.46. The molecule has 1 N–H and O–H groups in total. The van der Waals surface area contributed by atoms with Crippen molar-refractivity contribution in [1.29, 1.82) is 0 Å². The Morgan fingerprint density at radius 2 is 1.52 bits per heavy atom. The number of nitrogens with zero attached hydrogens (tertiary/aromatic N) is 1. The van der Waals surface area contributed by atoms with Crippen molar-refractivity contribution in [2.45, 2.75) is 76.3 Å². The highest BCUT2D eigenvalue weighted by Gasteiger charge is 2.30. The van der Waals surface area contributed by atoms with Gasteiger partial charge in [-0.05, 0) is 25.7 Å². The van der Waals surface area contributed by atoms with Crippen LogP contribution in [0.4, 0.5) is 0 Å². The molecule has 122 valence electrons. The summed E-state index contributed by atoms with van der Waals surface area (Å²) in [6, 6.07) is 0.243. The Balaban J connectivity index is 1.85. The Morgan fingerprint density at radius 3 is 2.10 bits per heavy atom. The first-order valence-electron chi connectivity index (χ1n) is 8.24. The van der Waals surface area contributed by atoms with Crippen molar-refractivity contribution in [3.05, 3.63) is 0 Å². The van der Waals surface area contributed by atoms with Gasteiger partial charge in [0.2, 0.25) is 15.9 Å². The molecule has 0 unspecified atom stereocenters. The van der Waals surface area contributed by atoms with E-state index in [1.165, 1.54) is 17.1 Å². The lowest BCUT2D eigenvalue weighted by molar-refractivity contribution is -0.119. The summed E-state index contributed by atoms with van der Waals surface area (Å²) in [5.74, 6) is -0.749. The van der Waals surface area contributed by atoms with Crippen LogP contribution in [-0.2, 0) is 14.8 Å². The number of carbonyl (C=O) groups is 1. The van der Waals surface area contributed by atoms with E-state index in [1.807, 2.05) is 0 Å². The average molecular weight is 316 g/mol. The fraction of sp³-hybridized carbons (Fsp3) is 0.933. The lowest BCUT2D eigenvalue weighted by Gasteiger charge is -2.30. The van der Waals surface area contributed by atoms with Crippen molar-refractivity contribution in [3.8, 4) is 0 Å². The van der Waals surface area contributed by atoms with Gasteiger partial charge in [-0.3, -0.25) is 4.79 Å². The largest absolute Gasteiger partial charge is 0.352 e. The third-order valence-corrected chi connectivity index (χ3v) is 6.61. The van der Waals surface area contributed by atoms with Gasteiger partial charge in [0.1, 0.15) is 5.75 Å². The van der Waals surface area contributed by atoms with E-state index < -0.39 is 15.8 Å². The summed E-state index contributed by atoms with van der Waals surface area (Å²) >= 11 is 0. The lowest BCUT2D eigenvalue weighted by Crippen LogP contribution is -2.45. The third kappa shape index (κ3) is 4.95. The van der Waals surface area contributed by atoms with Crippen LogP contribution in [0.1, 0.15) is 64.2 Å². The maximum Gasteiger partial charge on any atom is 0.236 e. The van der Waals surface area contributed by atoms with E-state index in [4.69, 9.17) is 0 Å². The smallest absolute Gasteiger partial charge is 0.236 e. The minimum atomic E-state index is -3.49. The quantitative estimate of drug-likeness (QED) is 0.844. The van der Waals surface area contributed by atoms with E-state index in [1.54, 1.807) is 7.05 Å². The minimum Gasteiger partial charge on any atom is -0.352 e. The Bertz CT molecular complexity index is 438. The summed E-state index contributed by atoms with van der Waals surface area (Å²) in [7, 11) is -1.86. The van der Waals surface area contributed by atoms with Crippen LogP contribution in [0, 0.1) is 0 Å². The topological polar surface area (TPSA) is 66.5 Å². The van der Waals surface area contributed by atoms with Gasteiger partial charge in [0.25, 0.3) is 0 Å². The molecule has 0 spiro atoms. The summed E-state index contributed by atoms with van der Waals surface area (Å²) in [5.41, 5.74) is 0. The SMILES string of the molecule is CN(C1CCCCC1)S(=O)(=O)CC(=O)NC1CCCCC1. The third-order valence-electron chi connectivity index (χ3n) is 4.81. The molecule has 2 rings (SSSR count). The summed E-state index contributed by atoms with van der Waals surface area (Å²) in [6.45, 7) is 0. The molecule has 2 aliphatic rings. The fourth-order valence-corrected chi connectivity index (χ4v) is 4.74. The van der Waals surface area contributed by atoms with E-state index >= 15 is 0 Å². The van der Waals surface area contributed by atoms with Gasteiger partial charge in [0.15, 0.2) is 0 Å². The average Bonchev–Trinajstić information content (AvgIpc) is 2.47. The number of hydrogen-bond donors (Lipinski definition) is 1. The molecule has 0 aromatic carbocycles. The Hall–Kier alpha value is -0.620. The zero-order valence-corrected chi connectivity index (χ0v) is 13.8. The second-order valence-electron chi connectivity index (χ2n) is 6.47.